The molecule has 0 heterocycles. The van der Waals surface area contributed by atoms with Gasteiger partial charge in [-0.05, 0) is 25.7 Å². The van der Waals surface area contributed by atoms with Gasteiger partial charge >= 0.3 is 51.4 Å². The fraction of sp³-hybridized carbons (Fsp3) is 1.00. The topological polar surface area (TPSA) is 77.4 Å². The Morgan fingerprint density at radius 3 is 1.30 bits per heavy atom. The van der Waals surface area contributed by atoms with Gasteiger partial charge in [0, 0.05) is 5.25 Å². The zero-order valence-corrected chi connectivity index (χ0v) is 24.3. The van der Waals surface area contributed by atoms with E-state index in [4.69, 9.17) is 0 Å². The van der Waals surface area contributed by atoms with E-state index in [-0.39, 0.29) is 57.5 Å². The van der Waals surface area contributed by atoms with E-state index >= 15 is 0 Å². The Labute approximate surface area is 230 Å². The third kappa shape index (κ3) is 22.7. The van der Waals surface area contributed by atoms with E-state index in [0.29, 0.717) is 12.8 Å². The van der Waals surface area contributed by atoms with Gasteiger partial charge < -0.3 is 9.66 Å². The number of aliphatic hydroxyl groups excluding tert-OH is 1. The summed E-state index contributed by atoms with van der Waals surface area (Å²) >= 11 is 0. The minimum Gasteiger partial charge on any atom is -0.748 e. The predicted molar refractivity (Wildman–Crippen MR) is 123 cm³/mol. The van der Waals surface area contributed by atoms with E-state index in [1.54, 1.807) is 0 Å². The second-order valence-electron chi connectivity index (χ2n) is 8.85. The molecule has 0 aromatic heterocycles. The molecule has 0 aliphatic carbocycles. The Morgan fingerprint density at radius 1 is 0.633 bits per heavy atom. The molecule has 0 saturated heterocycles. The quantitative estimate of drug-likeness (QED) is 0.146. The van der Waals surface area contributed by atoms with Crippen molar-refractivity contribution in [1.29, 1.82) is 0 Å². The van der Waals surface area contributed by atoms with Crippen LogP contribution in [0.1, 0.15) is 142 Å². The molecule has 2 unspecified atom stereocenters. The maximum absolute atomic E-state index is 11.3. The molecule has 1 N–H and O–H groups in total. The third-order valence-corrected chi connectivity index (χ3v) is 7.36. The van der Waals surface area contributed by atoms with Crippen molar-refractivity contribution in [2.24, 2.45) is 0 Å². The second-order valence-corrected chi connectivity index (χ2v) is 10.5. The Balaban J connectivity index is 0. The van der Waals surface area contributed by atoms with E-state index in [1.165, 1.54) is 70.6 Å². The Morgan fingerprint density at radius 2 is 0.967 bits per heavy atom. The van der Waals surface area contributed by atoms with Gasteiger partial charge in [0.05, 0.1) is 16.2 Å². The molecule has 6 heteroatoms. The summed E-state index contributed by atoms with van der Waals surface area (Å²) in [5, 5.41) is 8.85. The molecule has 4 nitrogen and oxygen atoms in total. The average molecular weight is 473 g/mol. The van der Waals surface area contributed by atoms with Crippen LogP contribution in [0.2, 0.25) is 0 Å². The van der Waals surface area contributed by atoms with Crippen LogP contribution in [-0.4, -0.2) is 29.4 Å². The van der Waals surface area contributed by atoms with Crippen molar-refractivity contribution in [3.63, 3.8) is 0 Å². The molecule has 0 rings (SSSR count). The standard InChI is InChI=1S/C24H50O4S.K/c1-3-5-21-24(29(26,27)28)22-19-17-15-13-11-9-7-6-8-10-12-14-16-18-20-23(25)4-2;/h23-25H,3-22H2,1-2H3,(H,26,27,28);/q;+1/p-1. The minimum absolute atomic E-state index is 0. The molecule has 30 heavy (non-hydrogen) atoms. The first kappa shape index (κ1) is 33.7. The smallest absolute Gasteiger partial charge is 0.748 e. The molecule has 0 aliphatic heterocycles. The number of rotatable bonds is 22. The van der Waals surface area contributed by atoms with E-state index in [2.05, 4.69) is 0 Å². The predicted octanol–water partition coefficient (Wildman–Crippen LogP) is 4.11. The molecule has 0 amide bonds. The van der Waals surface area contributed by atoms with Crippen molar-refractivity contribution >= 4 is 10.1 Å². The Hall–Kier alpha value is 1.51. The normalized spacial score (nSPS) is 13.7. The summed E-state index contributed by atoms with van der Waals surface area (Å²) < 4.78 is 33.9. The van der Waals surface area contributed by atoms with Gasteiger partial charge in [-0.2, -0.15) is 0 Å². The fourth-order valence-electron chi connectivity index (χ4n) is 3.94. The first-order valence-electron chi connectivity index (χ1n) is 12.5. The summed E-state index contributed by atoms with van der Waals surface area (Å²) in [5.74, 6) is 0. The van der Waals surface area contributed by atoms with Crippen LogP contribution in [0.4, 0.5) is 0 Å². The van der Waals surface area contributed by atoms with Crippen LogP contribution in [0.5, 0.6) is 0 Å². The van der Waals surface area contributed by atoms with Gasteiger partial charge in [-0.1, -0.05) is 117 Å². The van der Waals surface area contributed by atoms with Crippen molar-refractivity contribution in [3.8, 4) is 0 Å². The van der Waals surface area contributed by atoms with E-state index in [1.807, 2.05) is 13.8 Å². The van der Waals surface area contributed by atoms with Crippen LogP contribution < -0.4 is 51.4 Å². The maximum Gasteiger partial charge on any atom is 1.00 e. The molecule has 0 aromatic rings. The summed E-state index contributed by atoms with van der Waals surface area (Å²) in [5.41, 5.74) is 0. The molecule has 0 spiro atoms. The van der Waals surface area contributed by atoms with Crippen molar-refractivity contribution in [2.75, 3.05) is 0 Å². The summed E-state index contributed by atoms with van der Waals surface area (Å²) in [6.45, 7) is 4.07. The maximum atomic E-state index is 11.3. The monoisotopic (exact) mass is 472 g/mol. The van der Waals surface area contributed by atoms with Crippen molar-refractivity contribution < 1.29 is 69.5 Å². The molecule has 0 aliphatic rings. The summed E-state index contributed by atoms with van der Waals surface area (Å²) in [6, 6.07) is 0. The zero-order valence-electron chi connectivity index (χ0n) is 20.4. The summed E-state index contributed by atoms with van der Waals surface area (Å²) in [7, 11) is -4.12. The van der Waals surface area contributed by atoms with E-state index in [9.17, 15) is 18.1 Å². The Kier molecular flexibility index (Phi) is 26.6. The molecule has 0 bridgehead atoms. The minimum atomic E-state index is -4.12. The SMILES string of the molecule is CCCCC(CCCCCCCCCCCCCCCCC(O)CC)S(=O)(=O)[O-].[K+]. The van der Waals surface area contributed by atoms with E-state index < -0.39 is 15.4 Å². The van der Waals surface area contributed by atoms with Crippen molar-refractivity contribution in [3.05, 3.63) is 0 Å². The van der Waals surface area contributed by atoms with E-state index in [0.717, 1.165) is 44.9 Å². The van der Waals surface area contributed by atoms with Gasteiger partial charge in [0.1, 0.15) is 0 Å². The molecular formula is C24H49KO4S. The number of aliphatic hydroxyl groups is 1. The molecular weight excluding hydrogens is 423 g/mol. The molecule has 2 atom stereocenters. The fourth-order valence-corrected chi connectivity index (χ4v) is 4.85. The first-order chi connectivity index (χ1) is 13.9. The number of hydrogen-bond acceptors (Lipinski definition) is 4. The van der Waals surface area contributed by atoms with Gasteiger partial charge in [0.2, 0.25) is 0 Å². The molecule has 0 aromatic carbocycles. The molecule has 0 fully saturated rings. The molecule has 0 saturated carbocycles. The van der Waals surface area contributed by atoms with Gasteiger partial charge in [-0.3, -0.25) is 0 Å². The van der Waals surface area contributed by atoms with Gasteiger partial charge in [0.25, 0.3) is 0 Å². The average Bonchev–Trinajstić information content (AvgIpc) is 2.68. The van der Waals surface area contributed by atoms with Gasteiger partial charge in [0.15, 0.2) is 0 Å². The second kappa shape index (κ2) is 23.7. The van der Waals surface area contributed by atoms with Crippen LogP contribution in [0, 0.1) is 0 Å². The van der Waals surface area contributed by atoms with Crippen LogP contribution in [-0.2, 0) is 10.1 Å². The third-order valence-electron chi connectivity index (χ3n) is 6.07. The van der Waals surface area contributed by atoms with Crippen molar-refractivity contribution in [1.82, 2.24) is 0 Å². The van der Waals surface area contributed by atoms with Crippen LogP contribution in [0.25, 0.3) is 0 Å². The van der Waals surface area contributed by atoms with Gasteiger partial charge in [-0.15, -0.1) is 0 Å². The van der Waals surface area contributed by atoms with Crippen molar-refractivity contribution in [2.45, 2.75) is 154 Å². The number of unbranched alkanes of at least 4 members (excludes halogenated alkanes) is 14. The molecule has 0 radical (unpaired) electrons. The van der Waals surface area contributed by atoms with Crippen LogP contribution in [0.3, 0.4) is 0 Å². The Bertz CT molecular complexity index is 442. The molecule has 176 valence electrons. The zero-order chi connectivity index (χ0) is 21.8. The largest absolute Gasteiger partial charge is 1.00 e. The van der Waals surface area contributed by atoms with Gasteiger partial charge in [-0.25, -0.2) is 8.42 Å². The number of hydrogen-bond donors (Lipinski definition) is 1. The van der Waals surface area contributed by atoms with Crippen LogP contribution >= 0.6 is 0 Å². The summed E-state index contributed by atoms with van der Waals surface area (Å²) in [6.07, 6.45) is 21.9. The first-order valence-corrected chi connectivity index (χ1v) is 14.0. The summed E-state index contributed by atoms with van der Waals surface area (Å²) in [4.78, 5) is 0. The van der Waals surface area contributed by atoms with Crippen LogP contribution in [0.15, 0.2) is 0 Å².